The summed E-state index contributed by atoms with van der Waals surface area (Å²) in [6.07, 6.45) is -1.32. The molecule has 5 heteroatoms. The molecule has 0 aromatic heterocycles. The summed E-state index contributed by atoms with van der Waals surface area (Å²) in [6, 6.07) is 6.82. The fourth-order valence-corrected chi connectivity index (χ4v) is 1.12. The highest BCUT2D eigenvalue weighted by Crippen LogP contribution is 2.17. The van der Waals surface area contributed by atoms with E-state index in [0.29, 0.717) is 11.5 Å². The molecule has 0 aliphatic rings. The molecule has 16 heavy (non-hydrogen) atoms. The highest BCUT2D eigenvalue weighted by molar-refractivity contribution is 5.67. The molecule has 0 aliphatic heterocycles. The van der Waals surface area contributed by atoms with Crippen molar-refractivity contribution >= 4 is 5.97 Å². The lowest BCUT2D eigenvalue weighted by Gasteiger charge is -2.10. The van der Waals surface area contributed by atoms with Crippen LogP contribution in [0.3, 0.4) is 0 Å². The van der Waals surface area contributed by atoms with Crippen LogP contribution in [0.15, 0.2) is 24.3 Å². The molecular weight excluding hydrogens is 212 g/mol. The predicted molar refractivity (Wildman–Crippen MR) is 56.7 cm³/mol. The number of rotatable bonds is 6. The van der Waals surface area contributed by atoms with Gasteiger partial charge in [0.1, 0.15) is 18.1 Å². The average molecular weight is 226 g/mol. The molecule has 0 aliphatic carbocycles. The van der Waals surface area contributed by atoms with Crippen molar-refractivity contribution in [1.29, 1.82) is 0 Å². The van der Waals surface area contributed by atoms with Gasteiger partial charge in [-0.2, -0.15) is 0 Å². The molecule has 1 aromatic rings. The summed E-state index contributed by atoms with van der Waals surface area (Å²) in [5.74, 6) is 0.217. The Morgan fingerprint density at radius 1 is 1.31 bits per heavy atom. The number of benzene rings is 1. The van der Waals surface area contributed by atoms with Crippen molar-refractivity contribution < 1.29 is 24.5 Å². The Hall–Kier alpha value is -1.75. The number of aliphatic hydroxyl groups excluding tert-OH is 1. The van der Waals surface area contributed by atoms with E-state index in [0.717, 1.165) is 0 Å². The number of ether oxygens (including phenoxy) is 2. The van der Waals surface area contributed by atoms with Crippen molar-refractivity contribution in [3.63, 3.8) is 0 Å². The third-order valence-electron chi connectivity index (χ3n) is 1.91. The van der Waals surface area contributed by atoms with E-state index in [-0.39, 0.29) is 13.0 Å². The van der Waals surface area contributed by atoms with Gasteiger partial charge in [-0.3, -0.25) is 4.79 Å². The van der Waals surface area contributed by atoms with Crippen LogP contribution >= 0.6 is 0 Å². The van der Waals surface area contributed by atoms with Crippen molar-refractivity contribution in [3.8, 4) is 11.5 Å². The molecule has 0 heterocycles. The van der Waals surface area contributed by atoms with Crippen LogP contribution in [0.4, 0.5) is 0 Å². The van der Waals surface area contributed by atoms with Gasteiger partial charge in [0.05, 0.1) is 19.6 Å². The molecule has 0 amide bonds. The molecule has 0 radical (unpaired) electrons. The standard InChI is InChI=1S/C11H14O5/c1-15-9-2-4-10(5-3-9)16-7-8(12)6-11(13)14/h2-5,8,12H,6-7H2,1H3,(H,13,14). The maximum atomic E-state index is 10.3. The minimum absolute atomic E-state index is 0.0430. The van der Waals surface area contributed by atoms with Crippen molar-refractivity contribution in [1.82, 2.24) is 0 Å². The molecule has 0 bridgehead atoms. The van der Waals surface area contributed by atoms with Crippen LogP contribution in [0, 0.1) is 0 Å². The van der Waals surface area contributed by atoms with Gasteiger partial charge < -0.3 is 19.7 Å². The summed E-state index contributed by atoms with van der Waals surface area (Å²) in [7, 11) is 1.56. The minimum atomic E-state index is -1.05. The van der Waals surface area contributed by atoms with Gasteiger partial charge in [-0.05, 0) is 24.3 Å². The first-order chi connectivity index (χ1) is 7.61. The normalized spacial score (nSPS) is 11.9. The number of hydrogen-bond donors (Lipinski definition) is 2. The van der Waals surface area contributed by atoms with Gasteiger partial charge in [-0.15, -0.1) is 0 Å². The number of aliphatic carboxylic acids is 1. The van der Waals surface area contributed by atoms with E-state index in [2.05, 4.69) is 0 Å². The van der Waals surface area contributed by atoms with E-state index in [9.17, 15) is 9.90 Å². The number of aliphatic hydroxyl groups is 1. The Kier molecular flexibility index (Phi) is 4.60. The summed E-state index contributed by atoms with van der Waals surface area (Å²) in [5.41, 5.74) is 0. The maximum absolute atomic E-state index is 10.3. The quantitative estimate of drug-likeness (QED) is 0.754. The van der Waals surface area contributed by atoms with E-state index in [1.165, 1.54) is 0 Å². The first-order valence-corrected chi connectivity index (χ1v) is 4.78. The van der Waals surface area contributed by atoms with Gasteiger partial charge in [0.15, 0.2) is 0 Å². The van der Waals surface area contributed by atoms with Gasteiger partial charge in [0, 0.05) is 0 Å². The van der Waals surface area contributed by atoms with Gasteiger partial charge in [0.25, 0.3) is 0 Å². The van der Waals surface area contributed by atoms with Crippen LogP contribution in [0.1, 0.15) is 6.42 Å². The third kappa shape index (κ3) is 4.18. The molecule has 0 saturated heterocycles. The van der Waals surface area contributed by atoms with Crippen LogP contribution in [-0.2, 0) is 4.79 Å². The Balaban J connectivity index is 2.39. The van der Waals surface area contributed by atoms with E-state index >= 15 is 0 Å². The molecule has 1 rings (SSSR count). The topological polar surface area (TPSA) is 76.0 Å². The van der Waals surface area contributed by atoms with Gasteiger partial charge in [-0.1, -0.05) is 0 Å². The first kappa shape index (κ1) is 12.3. The highest BCUT2D eigenvalue weighted by Gasteiger charge is 2.09. The van der Waals surface area contributed by atoms with Crippen molar-refractivity contribution in [2.45, 2.75) is 12.5 Å². The van der Waals surface area contributed by atoms with Crippen molar-refractivity contribution in [2.75, 3.05) is 13.7 Å². The van der Waals surface area contributed by atoms with E-state index in [1.54, 1.807) is 31.4 Å². The van der Waals surface area contributed by atoms with Crippen LogP contribution in [-0.4, -0.2) is 36.0 Å². The molecular formula is C11H14O5. The molecule has 0 spiro atoms. The summed E-state index contributed by atoms with van der Waals surface area (Å²) in [4.78, 5) is 10.3. The highest BCUT2D eigenvalue weighted by atomic mass is 16.5. The average Bonchev–Trinajstić information content (AvgIpc) is 2.26. The molecule has 1 unspecified atom stereocenters. The van der Waals surface area contributed by atoms with E-state index < -0.39 is 12.1 Å². The SMILES string of the molecule is COc1ccc(OCC(O)CC(=O)O)cc1. The number of carbonyl (C=O) groups is 1. The predicted octanol–water partition coefficient (Wildman–Crippen LogP) is 0.910. The lowest BCUT2D eigenvalue weighted by molar-refractivity contribution is -0.139. The Labute approximate surface area is 93.2 Å². The van der Waals surface area contributed by atoms with E-state index in [1.807, 2.05) is 0 Å². The fraction of sp³-hybridized carbons (Fsp3) is 0.364. The number of carboxylic acid groups (broad SMARTS) is 1. The Morgan fingerprint density at radius 2 is 1.88 bits per heavy atom. The molecule has 5 nitrogen and oxygen atoms in total. The second-order valence-electron chi connectivity index (χ2n) is 3.24. The van der Waals surface area contributed by atoms with Crippen LogP contribution < -0.4 is 9.47 Å². The van der Waals surface area contributed by atoms with Gasteiger partial charge >= 0.3 is 5.97 Å². The van der Waals surface area contributed by atoms with Crippen LogP contribution in [0.2, 0.25) is 0 Å². The Morgan fingerprint density at radius 3 is 2.38 bits per heavy atom. The zero-order valence-corrected chi connectivity index (χ0v) is 8.92. The van der Waals surface area contributed by atoms with E-state index in [4.69, 9.17) is 14.6 Å². The van der Waals surface area contributed by atoms with Crippen molar-refractivity contribution in [2.24, 2.45) is 0 Å². The lowest BCUT2D eigenvalue weighted by Crippen LogP contribution is -2.21. The molecule has 88 valence electrons. The summed E-state index contributed by atoms with van der Waals surface area (Å²) < 4.78 is 10.2. The molecule has 1 aromatic carbocycles. The number of carboxylic acids is 1. The zero-order valence-electron chi connectivity index (χ0n) is 8.92. The summed E-state index contributed by atoms with van der Waals surface area (Å²) >= 11 is 0. The molecule has 0 saturated carbocycles. The Bertz CT molecular complexity index is 333. The molecule has 1 atom stereocenters. The lowest BCUT2D eigenvalue weighted by atomic mass is 10.3. The van der Waals surface area contributed by atoms with Gasteiger partial charge in [0.2, 0.25) is 0 Å². The number of hydrogen-bond acceptors (Lipinski definition) is 4. The second kappa shape index (κ2) is 5.97. The molecule has 2 N–H and O–H groups in total. The van der Waals surface area contributed by atoms with Crippen LogP contribution in [0.25, 0.3) is 0 Å². The van der Waals surface area contributed by atoms with Crippen LogP contribution in [0.5, 0.6) is 11.5 Å². The second-order valence-corrected chi connectivity index (χ2v) is 3.24. The zero-order chi connectivity index (χ0) is 12.0. The molecule has 0 fully saturated rings. The fourth-order valence-electron chi connectivity index (χ4n) is 1.12. The first-order valence-electron chi connectivity index (χ1n) is 4.78. The third-order valence-corrected chi connectivity index (χ3v) is 1.91. The minimum Gasteiger partial charge on any atom is -0.497 e. The number of methoxy groups -OCH3 is 1. The maximum Gasteiger partial charge on any atom is 0.306 e. The monoisotopic (exact) mass is 226 g/mol. The summed E-state index contributed by atoms with van der Waals surface area (Å²) in [5, 5.41) is 17.7. The largest absolute Gasteiger partial charge is 0.497 e. The summed E-state index contributed by atoms with van der Waals surface area (Å²) in [6.45, 7) is -0.0430. The smallest absolute Gasteiger partial charge is 0.306 e. The van der Waals surface area contributed by atoms with Gasteiger partial charge in [-0.25, -0.2) is 0 Å². The van der Waals surface area contributed by atoms with Crippen molar-refractivity contribution in [3.05, 3.63) is 24.3 Å².